The molecule has 1 aromatic heterocycles. The Labute approximate surface area is 88.7 Å². The van der Waals surface area contributed by atoms with E-state index < -0.39 is 0 Å². The topological polar surface area (TPSA) is 82.0 Å². The number of nitrogens with two attached hydrogens (primary N) is 2. The Morgan fingerprint density at radius 3 is 2.87 bits per heavy atom. The van der Waals surface area contributed by atoms with Crippen molar-refractivity contribution < 1.29 is 4.79 Å². The highest BCUT2D eigenvalue weighted by molar-refractivity contribution is 5.74. The van der Waals surface area contributed by atoms with E-state index in [1.807, 2.05) is 6.20 Å². The predicted molar refractivity (Wildman–Crippen MR) is 58.1 cm³/mol. The molecule has 0 saturated heterocycles. The van der Waals surface area contributed by atoms with Gasteiger partial charge in [0.05, 0.1) is 0 Å². The summed E-state index contributed by atoms with van der Waals surface area (Å²) >= 11 is 0. The average molecular weight is 205 g/mol. The van der Waals surface area contributed by atoms with E-state index in [2.05, 4.69) is 11.1 Å². The van der Waals surface area contributed by atoms with Crippen molar-refractivity contribution in [1.82, 2.24) is 4.98 Å². The molecule has 4 N–H and O–H groups in total. The maximum absolute atomic E-state index is 10.7. The second-order valence-electron chi connectivity index (χ2n) is 4.05. The average Bonchev–Trinajstić information content (AvgIpc) is 3.00. The number of hydrogen-bond acceptors (Lipinski definition) is 3. The summed E-state index contributed by atoms with van der Waals surface area (Å²) in [5, 5.41) is 0. The van der Waals surface area contributed by atoms with Gasteiger partial charge in [-0.15, -0.1) is 0 Å². The summed E-state index contributed by atoms with van der Waals surface area (Å²) < 4.78 is 0. The zero-order valence-electron chi connectivity index (χ0n) is 8.57. The second kappa shape index (κ2) is 3.88. The fraction of sp³-hybridized carbons (Fsp3) is 0.455. The van der Waals surface area contributed by atoms with Gasteiger partial charge >= 0.3 is 0 Å². The van der Waals surface area contributed by atoms with Gasteiger partial charge in [0.15, 0.2) is 0 Å². The third-order valence-electron chi connectivity index (χ3n) is 2.71. The lowest BCUT2D eigenvalue weighted by molar-refractivity contribution is -0.117. The van der Waals surface area contributed by atoms with Crippen molar-refractivity contribution in [1.29, 1.82) is 0 Å². The maximum Gasteiger partial charge on any atom is 0.217 e. The molecule has 0 aromatic carbocycles. The summed E-state index contributed by atoms with van der Waals surface area (Å²) in [6, 6.07) is 2.06. The molecule has 2 rings (SSSR count). The molecular weight excluding hydrogens is 190 g/mol. The minimum Gasteiger partial charge on any atom is -0.383 e. The monoisotopic (exact) mass is 205 g/mol. The highest BCUT2D eigenvalue weighted by Crippen LogP contribution is 2.40. The van der Waals surface area contributed by atoms with E-state index in [1.54, 1.807) is 0 Å². The van der Waals surface area contributed by atoms with Crippen LogP contribution in [0.3, 0.4) is 0 Å². The zero-order chi connectivity index (χ0) is 10.8. The number of anilines is 1. The number of aromatic nitrogens is 1. The van der Waals surface area contributed by atoms with Crippen LogP contribution in [0.15, 0.2) is 12.3 Å². The van der Waals surface area contributed by atoms with Crippen LogP contribution in [0.4, 0.5) is 5.82 Å². The molecule has 0 radical (unpaired) electrons. The zero-order valence-corrected chi connectivity index (χ0v) is 8.57. The van der Waals surface area contributed by atoms with E-state index in [0.717, 1.165) is 5.56 Å². The van der Waals surface area contributed by atoms with Crippen molar-refractivity contribution >= 4 is 11.7 Å². The molecule has 4 heteroatoms. The Bertz CT molecular complexity index is 385. The highest BCUT2D eigenvalue weighted by Gasteiger charge is 2.24. The number of pyridine rings is 1. The standard InChI is InChI=1S/C11H15N3O/c12-10(15)4-3-8-5-9(7-1-2-7)6-14-11(8)13/h5-7H,1-4H2,(H2,12,15)(H2,13,14). The number of aryl methyl sites for hydroxylation is 1. The second-order valence-corrected chi connectivity index (χ2v) is 4.05. The number of rotatable bonds is 4. The van der Waals surface area contributed by atoms with Crippen molar-refractivity contribution in [3.8, 4) is 0 Å². The van der Waals surface area contributed by atoms with Crippen molar-refractivity contribution in [2.45, 2.75) is 31.6 Å². The van der Waals surface area contributed by atoms with Crippen LogP contribution in [-0.4, -0.2) is 10.9 Å². The molecule has 0 spiro atoms. The van der Waals surface area contributed by atoms with Crippen molar-refractivity contribution in [2.24, 2.45) is 5.73 Å². The van der Waals surface area contributed by atoms with Crippen LogP contribution < -0.4 is 11.5 Å². The Morgan fingerprint density at radius 2 is 2.27 bits per heavy atom. The van der Waals surface area contributed by atoms with Gasteiger partial charge in [0.1, 0.15) is 5.82 Å². The fourth-order valence-corrected chi connectivity index (χ4v) is 1.64. The first-order valence-electron chi connectivity index (χ1n) is 5.19. The Hall–Kier alpha value is -1.58. The third kappa shape index (κ3) is 2.46. The van der Waals surface area contributed by atoms with E-state index in [0.29, 0.717) is 24.6 Å². The predicted octanol–water partition coefficient (Wildman–Crippen LogP) is 0.959. The molecule has 1 aliphatic rings. The Morgan fingerprint density at radius 1 is 1.53 bits per heavy atom. The number of carbonyl (C=O) groups excluding carboxylic acids is 1. The molecule has 0 unspecified atom stereocenters. The van der Waals surface area contributed by atoms with Gasteiger partial charge < -0.3 is 11.5 Å². The number of hydrogen-bond donors (Lipinski definition) is 2. The molecule has 0 atom stereocenters. The number of nitrogen functional groups attached to an aromatic ring is 1. The highest BCUT2D eigenvalue weighted by atomic mass is 16.1. The molecule has 1 amide bonds. The summed E-state index contributed by atoms with van der Waals surface area (Å²) in [6.07, 6.45) is 5.23. The molecule has 1 aromatic rings. The van der Waals surface area contributed by atoms with Crippen LogP contribution in [0.1, 0.15) is 36.3 Å². The minimum absolute atomic E-state index is 0.300. The lowest BCUT2D eigenvalue weighted by atomic mass is 10.1. The van der Waals surface area contributed by atoms with Crippen molar-refractivity contribution in [3.63, 3.8) is 0 Å². The van der Waals surface area contributed by atoms with Crippen molar-refractivity contribution in [2.75, 3.05) is 5.73 Å². The Balaban J connectivity index is 2.13. The minimum atomic E-state index is -0.300. The fourth-order valence-electron chi connectivity index (χ4n) is 1.64. The van der Waals surface area contributed by atoms with E-state index >= 15 is 0 Å². The molecular formula is C11H15N3O. The smallest absolute Gasteiger partial charge is 0.217 e. The molecule has 1 aliphatic carbocycles. The normalized spacial score (nSPS) is 15.2. The summed E-state index contributed by atoms with van der Waals surface area (Å²) in [4.78, 5) is 14.8. The van der Waals surface area contributed by atoms with Crippen LogP contribution >= 0.6 is 0 Å². The van der Waals surface area contributed by atoms with Gasteiger partial charge in [-0.25, -0.2) is 4.98 Å². The first kappa shape index (κ1) is 9.96. The summed E-state index contributed by atoms with van der Waals surface area (Å²) in [5.74, 6) is 0.873. The van der Waals surface area contributed by atoms with Gasteiger partial charge in [0.2, 0.25) is 5.91 Å². The first-order valence-corrected chi connectivity index (χ1v) is 5.19. The third-order valence-corrected chi connectivity index (χ3v) is 2.71. The van der Waals surface area contributed by atoms with E-state index in [1.165, 1.54) is 18.4 Å². The molecule has 0 aliphatic heterocycles. The molecule has 15 heavy (non-hydrogen) atoms. The van der Waals surface area contributed by atoms with Crippen LogP contribution in [0.2, 0.25) is 0 Å². The van der Waals surface area contributed by atoms with Gasteiger partial charge in [0, 0.05) is 12.6 Å². The van der Waals surface area contributed by atoms with Gasteiger partial charge in [-0.2, -0.15) is 0 Å². The molecule has 0 bridgehead atoms. The summed E-state index contributed by atoms with van der Waals surface area (Å²) in [5.41, 5.74) is 13.0. The summed E-state index contributed by atoms with van der Waals surface area (Å²) in [6.45, 7) is 0. The van der Waals surface area contributed by atoms with Gasteiger partial charge in [-0.1, -0.05) is 6.07 Å². The maximum atomic E-state index is 10.7. The molecule has 1 fully saturated rings. The molecule has 80 valence electrons. The van der Waals surface area contributed by atoms with Crippen molar-refractivity contribution in [3.05, 3.63) is 23.4 Å². The number of nitrogens with zero attached hydrogens (tertiary/aromatic N) is 1. The summed E-state index contributed by atoms with van der Waals surface area (Å²) in [7, 11) is 0. The van der Waals surface area contributed by atoms with E-state index in [9.17, 15) is 4.79 Å². The van der Waals surface area contributed by atoms with E-state index in [-0.39, 0.29) is 5.91 Å². The van der Waals surface area contributed by atoms with Crippen LogP contribution in [0.25, 0.3) is 0 Å². The lowest BCUT2D eigenvalue weighted by Gasteiger charge is -2.06. The molecule has 4 nitrogen and oxygen atoms in total. The molecule has 1 heterocycles. The largest absolute Gasteiger partial charge is 0.383 e. The first-order chi connectivity index (χ1) is 7.16. The van der Waals surface area contributed by atoms with Gasteiger partial charge in [-0.3, -0.25) is 4.79 Å². The number of primary amides is 1. The van der Waals surface area contributed by atoms with E-state index in [4.69, 9.17) is 11.5 Å². The van der Waals surface area contributed by atoms with Crippen LogP contribution in [-0.2, 0) is 11.2 Å². The number of amides is 1. The lowest BCUT2D eigenvalue weighted by Crippen LogP contribution is -2.12. The van der Waals surface area contributed by atoms with Crippen LogP contribution in [0, 0.1) is 0 Å². The van der Waals surface area contributed by atoms with Gasteiger partial charge in [0.25, 0.3) is 0 Å². The quantitative estimate of drug-likeness (QED) is 0.768. The number of carbonyl (C=O) groups is 1. The SMILES string of the molecule is NC(=O)CCc1cc(C2CC2)cnc1N. The molecule has 1 saturated carbocycles. The van der Waals surface area contributed by atoms with Gasteiger partial charge in [-0.05, 0) is 36.3 Å². The Kier molecular flexibility index (Phi) is 2.58. The van der Waals surface area contributed by atoms with Crippen LogP contribution in [0.5, 0.6) is 0 Å².